The lowest BCUT2D eigenvalue weighted by molar-refractivity contribution is -0.210. The van der Waals surface area contributed by atoms with E-state index >= 15 is 0 Å². The zero-order chi connectivity index (χ0) is 51.6. The Labute approximate surface area is 437 Å². The molecular weight excluding hydrogens is 915 g/mol. The summed E-state index contributed by atoms with van der Waals surface area (Å²) in [6.45, 7) is 14.8. The quantitative estimate of drug-likeness (QED) is 0.0898. The summed E-state index contributed by atoms with van der Waals surface area (Å²) >= 11 is 0. The smallest absolute Gasteiger partial charge is 0.303 e. The van der Waals surface area contributed by atoms with Crippen LogP contribution < -0.4 is 5.32 Å². The van der Waals surface area contributed by atoms with Crippen LogP contribution in [0.3, 0.4) is 0 Å². The normalized spacial score (nSPS) is 44.6. The van der Waals surface area contributed by atoms with E-state index in [1.54, 1.807) is 0 Å². The van der Waals surface area contributed by atoms with Gasteiger partial charge in [0.15, 0.2) is 0 Å². The largest absolute Gasteiger partial charge is 0.481 e. The Morgan fingerprint density at radius 2 is 1.07 bits per heavy atom. The first-order valence-electron chi connectivity index (χ1n) is 29.5. The van der Waals surface area contributed by atoms with Gasteiger partial charge in [-0.3, -0.25) is 9.59 Å². The molecule has 10 nitrogen and oxygen atoms in total. The number of ether oxygens (including phenoxy) is 2. The van der Waals surface area contributed by atoms with Gasteiger partial charge in [0.05, 0.1) is 43.2 Å². The fourth-order valence-electron chi connectivity index (χ4n) is 19.9. The van der Waals surface area contributed by atoms with Gasteiger partial charge in [-0.05, 0) is 207 Å². The monoisotopic (exact) mass is 1010 g/mol. The average Bonchev–Trinajstić information content (AvgIpc) is 3.93. The van der Waals surface area contributed by atoms with Crippen LogP contribution in [0.5, 0.6) is 0 Å². The third-order valence-corrected chi connectivity index (χ3v) is 24.0. The summed E-state index contributed by atoms with van der Waals surface area (Å²) in [5.74, 6) is 2.34. The Balaban J connectivity index is 0.684. The molecule has 0 aromatic heterocycles. The molecule has 8 fully saturated rings. The van der Waals surface area contributed by atoms with Gasteiger partial charge in [0.2, 0.25) is 5.91 Å². The second-order valence-electron chi connectivity index (χ2n) is 27.0. The highest BCUT2D eigenvalue weighted by Gasteiger charge is 2.68. The predicted molar refractivity (Wildman–Crippen MR) is 283 cm³/mol. The number of carbonyl (C=O) groups excluding carboxylic acids is 1. The molecule has 10 heteroatoms. The van der Waals surface area contributed by atoms with Crippen molar-refractivity contribution in [3.05, 3.63) is 71.8 Å². The van der Waals surface area contributed by atoms with Gasteiger partial charge in [-0.1, -0.05) is 102 Å². The topological polar surface area (TPSA) is 166 Å². The fraction of sp³-hybridized carbons (Fsp3) is 0.778. The highest BCUT2D eigenvalue weighted by atomic mass is 16.5. The SMILES string of the molecule is C[C@H](CCC(=O)O)[C@H]1CC[C@H]2[C@@H]3[C@H](O)C[C@@H]4C[C@@H](OCCNC(=O)CC[C@@H](C)[C@H]5CC[C@H]6[C@@H]7[C@H](O)C[C@@H]8C[C@H](OC(c9ccccc9)c9ccccc9)CC[C@]8(C)[C@H]7C[C@H](O)[C@]56C)CC[C@]4(C)[C@H]3C[C@H](O)[C@]12C. The molecule has 0 unspecified atom stereocenters. The van der Waals surface area contributed by atoms with E-state index in [2.05, 4.69) is 108 Å². The zero-order valence-corrected chi connectivity index (χ0v) is 45.3. The molecule has 10 rings (SSSR count). The van der Waals surface area contributed by atoms with E-state index in [4.69, 9.17) is 9.47 Å². The number of nitrogens with one attached hydrogen (secondary N) is 1. The second-order valence-corrected chi connectivity index (χ2v) is 27.0. The number of benzene rings is 2. The second kappa shape index (κ2) is 21.2. The minimum atomic E-state index is -0.762. The van der Waals surface area contributed by atoms with E-state index in [1.165, 1.54) is 11.1 Å². The fourth-order valence-corrected chi connectivity index (χ4v) is 19.9. The van der Waals surface area contributed by atoms with Crippen molar-refractivity contribution in [3.8, 4) is 0 Å². The lowest BCUT2D eigenvalue weighted by Gasteiger charge is -2.63. The molecule has 0 bridgehead atoms. The Bertz CT molecular complexity index is 2170. The van der Waals surface area contributed by atoms with Crippen molar-refractivity contribution in [1.29, 1.82) is 0 Å². The van der Waals surface area contributed by atoms with Crippen molar-refractivity contribution >= 4 is 11.9 Å². The Morgan fingerprint density at radius 1 is 0.603 bits per heavy atom. The zero-order valence-electron chi connectivity index (χ0n) is 45.3. The summed E-state index contributed by atoms with van der Waals surface area (Å²) < 4.78 is 13.5. The Kier molecular flexibility index (Phi) is 15.5. The molecule has 6 N–H and O–H groups in total. The summed E-state index contributed by atoms with van der Waals surface area (Å²) in [6, 6.07) is 21.1. The van der Waals surface area contributed by atoms with Gasteiger partial charge in [-0.2, -0.15) is 0 Å². The summed E-state index contributed by atoms with van der Waals surface area (Å²) in [6.07, 6.45) is 13.2. The number of carboxylic acid groups (broad SMARTS) is 1. The minimum absolute atomic E-state index is 0.0271. The molecule has 0 radical (unpaired) electrons. The number of carbonyl (C=O) groups is 2. The van der Waals surface area contributed by atoms with Crippen molar-refractivity contribution in [2.75, 3.05) is 13.2 Å². The molecule has 73 heavy (non-hydrogen) atoms. The number of hydrogen-bond acceptors (Lipinski definition) is 8. The van der Waals surface area contributed by atoms with Crippen LogP contribution in [0.2, 0.25) is 0 Å². The van der Waals surface area contributed by atoms with E-state index in [9.17, 15) is 35.1 Å². The highest BCUT2D eigenvalue weighted by molar-refractivity contribution is 5.75. The molecule has 1 amide bonds. The molecule has 8 aliphatic carbocycles. The third kappa shape index (κ3) is 9.60. The lowest BCUT2D eigenvalue weighted by atomic mass is 9.43. The number of amides is 1. The third-order valence-electron chi connectivity index (χ3n) is 24.0. The molecule has 0 spiro atoms. The molecule has 8 aliphatic rings. The van der Waals surface area contributed by atoms with E-state index in [-0.39, 0.29) is 106 Å². The van der Waals surface area contributed by atoms with Gasteiger partial charge in [0, 0.05) is 19.4 Å². The number of hydrogen-bond donors (Lipinski definition) is 6. The van der Waals surface area contributed by atoms with Gasteiger partial charge in [-0.25, -0.2) is 0 Å². The Morgan fingerprint density at radius 3 is 1.56 bits per heavy atom. The lowest BCUT2D eigenvalue weighted by Crippen LogP contribution is -2.62. The molecule has 2 aromatic rings. The van der Waals surface area contributed by atoms with Crippen molar-refractivity contribution in [1.82, 2.24) is 5.32 Å². The number of rotatable bonds is 16. The van der Waals surface area contributed by atoms with Gasteiger partial charge >= 0.3 is 5.97 Å². The minimum Gasteiger partial charge on any atom is -0.481 e. The summed E-state index contributed by atoms with van der Waals surface area (Å²) in [5.41, 5.74) is 1.81. The van der Waals surface area contributed by atoms with Gasteiger partial charge in [0.1, 0.15) is 6.10 Å². The molecule has 0 saturated heterocycles. The molecule has 0 aliphatic heterocycles. The predicted octanol–water partition coefficient (Wildman–Crippen LogP) is 10.8. The van der Waals surface area contributed by atoms with E-state index < -0.39 is 30.4 Å². The van der Waals surface area contributed by atoms with Crippen molar-refractivity contribution in [3.63, 3.8) is 0 Å². The number of aliphatic carboxylic acids is 1. The van der Waals surface area contributed by atoms with Crippen LogP contribution in [0.4, 0.5) is 0 Å². The van der Waals surface area contributed by atoms with Crippen LogP contribution in [0, 0.1) is 92.7 Å². The number of carboxylic acids is 1. The maximum Gasteiger partial charge on any atom is 0.303 e. The van der Waals surface area contributed by atoms with E-state index in [0.29, 0.717) is 50.2 Å². The maximum absolute atomic E-state index is 13.4. The first-order chi connectivity index (χ1) is 34.9. The van der Waals surface area contributed by atoms with Crippen LogP contribution in [-0.4, -0.2) is 87.2 Å². The molecule has 22 atom stereocenters. The summed E-state index contributed by atoms with van der Waals surface area (Å²) in [5, 5.41) is 61.0. The summed E-state index contributed by atoms with van der Waals surface area (Å²) in [4.78, 5) is 24.8. The highest BCUT2D eigenvalue weighted by Crippen LogP contribution is 2.70. The van der Waals surface area contributed by atoms with Gasteiger partial charge < -0.3 is 40.3 Å². The standard InChI is InChI=1S/C63H93NO9/c1-37(17-23-55(69)64-29-30-72-43-25-27-60(3)41(31-43)33-51(65)57-48-22-20-46(38(2)18-24-56(70)71)63(48,6)54(68)35-49(57)60)45-19-21-47-58-50(36-53(67)62(45,47)5)61(4)28-26-44(32-42(61)34-52(58)66)73-59(39-13-9-7-10-14-39)40-15-11-8-12-16-40/h7-16,37-38,41-54,57-59,65-68H,17-36H2,1-6H3,(H,64,69)(H,70,71)/t37-,38-,41+,42+,43+,44-,45-,46-,47+,48+,49+,50+,51-,52-,53+,54+,57+,58+,60+,61+,62-,63-/m1/s1. The molecule has 2 aromatic carbocycles. The first kappa shape index (κ1) is 53.5. The van der Waals surface area contributed by atoms with Crippen LogP contribution >= 0.6 is 0 Å². The van der Waals surface area contributed by atoms with Crippen molar-refractivity contribution < 1.29 is 44.6 Å². The number of fused-ring (bicyclic) bond motifs is 10. The maximum atomic E-state index is 13.4. The van der Waals surface area contributed by atoms with E-state index in [1.807, 2.05) is 0 Å². The average molecular weight is 1010 g/mol. The van der Waals surface area contributed by atoms with Gasteiger partial charge in [0.25, 0.3) is 0 Å². The van der Waals surface area contributed by atoms with Crippen LogP contribution in [0.25, 0.3) is 0 Å². The first-order valence-corrected chi connectivity index (χ1v) is 29.5. The van der Waals surface area contributed by atoms with Crippen LogP contribution in [0.1, 0.15) is 174 Å². The summed E-state index contributed by atoms with van der Waals surface area (Å²) in [7, 11) is 0. The van der Waals surface area contributed by atoms with Gasteiger partial charge in [-0.15, -0.1) is 0 Å². The molecule has 404 valence electrons. The molecule has 0 heterocycles. The van der Waals surface area contributed by atoms with Crippen molar-refractivity contribution in [2.24, 2.45) is 92.7 Å². The Hall–Kier alpha value is -2.86. The number of aliphatic hydroxyl groups excluding tert-OH is 4. The van der Waals surface area contributed by atoms with Crippen molar-refractivity contribution in [2.45, 2.75) is 200 Å². The number of aliphatic hydroxyl groups is 4. The van der Waals surface area contributed by atoms with Crippen LogP contribution in [0.15, 0.2) is 60.7 Å². The van der Waals surface area contributed by atoms with Crippen LogP contribution in [-0.2, 0) is 19.1 Å². The van der Waals surface area contributed by atoms with E-state index in [0.717, 1.165) is 89.9 Å². The molecule has 8 saturated carbocycles. The molecular formula is C63H93NO9.